The van der Waals surface area contributed by atoms with Gasteiger partial charge in [-0.2, -0.15) is 11.8 Å². The summed E-state index contributed by atoms with van der Waals surface area (Å²) in [5.74, 6) is 2.20. The van der Waals surface area contributed by atoms with Gasteiger partial charge in [-0.1, -0.05) is 18.5 Å². The molecule has 118 valence electrons. The van der Waals surface area contributed by atoms with Crippen molar-refractivity contribution < 1.29 is 0 Å². The number of pyridine rings is 1. The summed E-state index contributed by atoms with van der Waals surface area (Å²) < 4.78 is 0. The van der Waals surface area contributed by atoms with Gasteiger partial charge in [0.2, 0.25) is 0 Å². The highest BCUT2D eigenvalue weighted by atomic mass is 35.5. The van der Waals surface area contributed by atoms with Gasteiger partial charge < -0.3 is 10.2 Å². The molecule has 0 spiro atoms. The molecule has 0 aromatic carbocycles. The predicted molar refractivity (Wildman–Crippen MR) is 94.6 cm³/mol. The molecule has 5 heteroatoms. The highest BCUT2D eigenvalue weighted by Crippen LogP contribution is 2.29. The molecule has 1 aliphatic heterocycles. The Morgan fingerprint density at radius 2 is 2.10 bits per heavy atom. The van der Waals surface area contributed by atoms with E-state index in [-0.39, 0.29) is 5.54 Å². The van der Waals surface area contributed by atoms with Crippen molar-refractivity contribution in [1.82, 2.24) is 10.3 Å². The van der Waals surface area contributed by atoms with Gasteiger partial charge in [0.05, 0.1) is 10.7 Å². The molecule has 3 nitrogen and oxygen atoms in total. The van der Waals surface area contributed by atoms with Crippen LogP contribution in [0.15, 0.2) is 12.1 Å². The third-order valence-corrected chi connectivity index (χ3v) is 5.55. The fraction of sp³-hybridized carbons (Fsp3) is 0.688. The Kier molecular flexibility index (Phi) is 5.44. The van der Waals surface area contributed by atoms with Crippen molar-refractivity contribution in [3.8, 4) is 0 Å². The topological polar surface area (TPSA) is 28.2 Å². The second kappa shape index (κ2) is 6.76. The maximum absolute atomic E-state index is 6.30. The summed E-state index contributed by atoms with van der Waals surface area (Å²) in [5.41, 5.74) is 0.993. The van der Waals surface area contributed by atoms with Crippen LogP contribution in [-0.4, -0.2) is 34.1 Å². The summed E-state index contributed by atoms with van der Waals surface area (Å²) in [6.45, 7) is 12.8. The number of nitrogens with one attached hydrogen (secondary N) is 1. The highest BCUT2D eigenvalue weighted by Gasteiger charge is 2.26. The molecule has 2 rings (SSSR count). The lowest BCUT2D eigenvalue weighted by Crippen LogP contribution is -2.45. The first-order valence-corrected chi connectivity index (χ1v) is 8.99. The van der Waals surface area contributed by atoms with E-state index in [1.807, 2.05) is 23.9 Å². The van der Waals surface area contributed by atoms with E-state index >= 15 is 0 Å². The SMILES string of the molecule is CC1SCCN(c2ccc(Cl)c(CNC(C)(C)C)n2)C1C. The molecular weight excluding hydrogens is 302 g/mol. The molecular formula is C16H26ClN3S. The van der Waals surface area contributed by atoms with Gasteiger partial charge in [0.1, 0.15) is 5.82 Å². The van der Waals surface area contributed by atoms with E-state index in [0.29, 0.717) is 17.8 Å². The number of nitrogens with zero attached hydrogens (tertiary/aromatic N) is 2. The Labute approximate surface area is 137 Å². The van der Waals surface area contributed by atoms with Crippen molar-refractivity contribution in [3.05, 3.63) is 22.8 Å². The van der Waals surface area contributed by atoms with Gasteiger partial charge >= 0.3 is 0 Å². The minimum Gasteiger partial charge on any atom is -0.352 e. The van der Waals surface area contributed by atoms with E-state index in [4.69, 9.17) is 16.6 Å². The van der Waals surface area contributed by atoms with Gasteiger partial charge in [-0.3, -0.25) is 0 Å². The average molecular weight is 328 g/mol. The molecule has 0 aliphatic carbocycles. The first-order valence-electron chi connectivity index (χ1n) is 7.56. The van der Waals surface area contributed by atoms with Crippen LogP contribution in [0.3, 0.4) is 0 Å². The molecule has 2 atom stereocenters. The van der Waals surface area contributed by atoms with Crippen LogP contribution in [0.1, 0.15) is 40.3 Å². The monoisotopic (exact) mass is 327 g/mol. The zero-order valence-corrected chi connectivity index (χ0v) is 15.2. The molecule has 0 amide bonds. The number of thioether (sulfide) groups is 1. The van der Waals surface area contributed by atoms with Crippen LogP contribution in [0, 0.1) is 0 Å². The van der Waals surface area contributed by atoms with Gasteiger partial charge in [0.15, 0.2) is 0 Å². The number of anilines is 1. The van der Waals surface area contributed by atoms with Crippen molar-refractivity contribution in [2.24, 2.45) is 0 Å². The lowest BCUT2D eigenvalue weighted by molar-refractivity contribution is 0.421. The molecule has 2 unspecified atom stereocenters. The Morgan fingerprint density at radius 3 is 2.76 bits per heavy atom. The van der Waals surface area contributed by atoms with Crippen molar-refractivity contribution in [1.29, 1.82) is 0 Å². The van der Waals surface area contributed by atoms with E-state index in [9.17, 15) is 0 Å². The summed E-state index contributed by atoms with van der Waals surface area (Å²) >= 11 is 8.34. The second-order valence-corrected chi connectivity index (χ2v) is 8.60. The van der Waals surface area contributed by atoms with Crippen LogP contribution in [-0.2, 0) is 6.54 Å². The number of aromatic nitrogens is 1. The van der Waals surface area contributed by atoms with Gasteiger partial charge in [-0.05, 0) is 39.8 Å². The smallest absolute Gasteiger partial charge is 0.129 e. The summed E-state index contributed by atoms with van der Waals surface area (Å²) in [7, 11) is 0. The van der Waals surface area contributed by atoms with E-state index in [1.54, 1.807) is 0 Å². The third kappa shape index (κ3) is 4.51. The second-order valence-electron chi connectivity index (χ2n) is 6.71. The average Bonchev–Trinajstić information content (AvgIpc) is 2.40. The molecule has 0 radical (unpaired) electrons. The van der Waals surface area contributed by atoms with Crippen molar-refractivity contribution in [2.75, 3.05) is 17.2 Å². The molecule has 1 N–H and O–H groups in total. The molecule has 1 aromatic heterocycles. The van der Waals surface area contributed by atoms with E-state index in [1.165, 1.54) is 0 Å². The number of hydrogen-bond acceptors (Lipinski definition) is 4. The highest BCUT2D eigenvalue weighted by molar-refractivity contribution is 8.00. The van der Waals surface area contributed by atoms with Crippen LogP contribution in [0.2, 0.25) is 5.02 Å². The van der Waals surface area contributed by atoms with Gasteiger partial charge in [-0.15, -0.1) is 0 Å². The Bertz CT molecular complexity index is 487. The minimum atomic E-state index is 0.0601. The Hall–Kier alpha value is -0.450. The number of halogens is 1. The van der Waals surface area contributed by atoms with Crippen LogP contribution < -0.4 is 10.2 Å². The Balaban J connectivity index is 2.17. The Morgan fingerprint density at radius 1 is 1.38 bits per heavy atom. The van der Waals surface area contributed by atoms with Crippen LogP contribution >= 0.6 is 23.4 Å². The molecule has 1 saturated heterocycles. The maximum Gasteiger partial charge on any atom is 0.129 e. The van der Waals surface area contributed by atoms with Crippen LogP contribution in [0.5, 0.6) is 0 Å². The maximum atomic E-state index is 6.30. The van der Waals surface area contributed by atoms with Crippen molar-refractivity contribution >= 4 is 29.2 Å². The molecule has 1 aromatic rings. The van der Waals surface area contributed by atoms with Crippen LogP contribution in [0.25, 0.3) is 0 Å². The van der Waals surface area contributed by atoms with E-state index < -0.39 is 0 Å². The summed E-state index contributed by atoms with van der Waals surface area (Å²) in [6, 6.07) is 4.52. The third-order valence-electron chi connectivity index (χ3n) is 3.87. The summed E-state index contributed by atoms with van der Waals surface area (Å²) in [4.78, 5) is 7.21. The lowest BCUT2D eigenvalue weighted by atomic mass is 10.1. The van der Waals surface area contributed by atoms with Crippen molar-refractivity contribution in [2.45, 2.75) is 58.0 Å². The first-order chi connectivity index (χ1) is 9.78. The van der Waals surface area contributed by atoms with Crippen molar-refractivity contribution in [3.63, 3.8) is 0 Å². The fourth-order valence-electron chi connectivity index (χ4n) is 2.36. The standard InChI is InChI=1S/C16H26ClN3S/c1-11-12(2)21-9-8-20(11)15-7-6-13(17)14(19-15)10-18-16(3,4)5/h6-7,11-12,18H,8-10H2,1-5H3. The quantitative estimate of drug-likeness (QED) is 0.909. The van der Waals surface area contributed by atoms with Gasteiger partial charge in [0, 0.05) is 35.7 Å². The number of hydrogen-bond donors (Lipinski definition) is 1. The fourth-order valence-corrected chi connectivity index (χ4v) is 3.63. The number of rotatable bonds is 3. The largest absolute Gasteiger partial charge is 0.352 e. The zero-order valence-electron chi connectivity index (χ0n) is 13.6. The van der Waals surface area contributed by atoms with E-state index in [2.05, 4.69) is 44.8 Å². The molecule has 2 heterocycles. The molecule has 0 saturated carbocycles. The van der Waals surface area contributed by atoms with Crippen LogP contribution in [0.4, 0.5) is 5.82 Å². The molecule has 1 aliphatic rings. The zero-order chi connectivity index (χ0) is 15.6. The predicted octanol–water partition coefficient (Wildman–Crippen LogP) is 3.95. The van der Waals surface area contributed by atoms with E-state index in [0.717, 1.165) is 28.8 Å². The molecule has 21 heavy (non-hydrogen) atoms. The summed E-state index contributed by atoms with van der Waals surface area (Å²) in [6.07, 6.45) is 0. The summed E-state index contributed by atoms with van der Waals surface area (Å²) in [5, 5.41) is 4.83. The normalized spacial score (nSPS) is 23.4. The van der Waals surface area contributed by atoms with Gasteiger partial charge in [-0.25, -0.2) is 4.98 Å². The molecule has 0 bridgehead atoms. The minimum absolute atomic E-state index is 0.0601. The first kappa shape index (κ1) is 16.9. The van der Waals surface area contributed by atoms with Gasteiger partial charge in [0.25, 0.3) is 0 Å². The lowest BCUT2D eigenvalue weighted by Gasteiger charge is -2.38. The molecule has 1 fully saturated rings.